The second kappa shape index (κ2) is 6.09. The van der Waals surface area contributed by atoms with Crippen molar-refractivity contribution in [1.82, 2.24) is 0 Å². The molecule has 1 N–H and O–H groups in total. The molecule has 3 rings (SSSR count). The predicted octanol–water partition coefficient (Wildman–Crippen LogP) is 3.58. The molecular weight excluding hydrogens is 276 g/mol. The van der Waals surface area contributed by atoms with Crippen molar-refractivity contribution in [2.75, 3.05) is 6.61 Å². The van der Waals surface area contributed by atoms with Gasteiger partial charge < -0.3 is 9.84 Å². The molecule has 0 amide bonds. The van der Waals surface area contributed by atoms with Crippen LogP contribution in [0, 0.1) is 0 Å². The van der Waals surface area contributed by atoms with E-state index in [1.54, 1.807) is 0 Å². The van der Waals surface area contributed by atoms with Crippen LogP contribution in [0.25, 0.3) is 10.8 Å². The molecule has 3 nitrogen and oxygen atoms in total. The van der Waals surface area contributed by atoms with E-state index in [0.717, 1.165) is 25.7 Å². The van der Waals surface area contributed by atoms with Crippen molar-refractivity contribution in [3.63, 3.8) is 0 Å². The molecule has 22 heavy (non-hydrogen) atoms. The third-order valence-electron chi connectivity index (χ3n) is 4.82. The number of benzene rings is 2. The number of esters is 1. The highest BCUT2D eigenvalue weighted by molar-refractivity contribution is 5.86. The number of aliphatic hydroxyl groups is 1. The van der Waals surface area contributed by atoms with E-state index in [0.29, 0.717) is 6.61 Å². The molecular formula is C19H22O3. The van der Waals surface area contributed by atoms with Crippen molar-refractivity contribution in [2.24, 2.45) is 0 Å². The first-order valence-electron chi connectivity index (χ1n) is 7.90. The van der Waals surface area contributed by atoms with Crippen LogP contribution in [0.1, 0.15) is 38.2 Å². The Labute approximate surface area is 130 Å². The number of ether oxygens (including phenoxy) is 1. The Balaban J connectivity index is 2.05. The smallest absolute Gasteiger partial charge is 0.302 e. The quantitative estimate of drug-likeness (QED) is 0.881. The highest BCUT2D eigenvalue weighted by Gasteiger charge is 2.38. The molecule has 2 aromatic carbocycles. The van der Waals surface area contributed by atoms with Crippen molar-refractivity contribution in [3.8, 4) is 0 Å². The molecule has 0 atom stereocenters. The van der Waals surface area contributed by atoms with Crippen molar-refractivity contribution >= 4 is 16.7 Å². The first-order chi connectivity index (χ1) is 10.6. The molecule has 0 unspecified atom stereocenters. The zero-order valence-corrected chi connectivity index (χ0v) is 12.9. The van der Waals surface area contributed by atoms with Gasteiger partial charge in [0.15, 0.2) is 0 Å². The number of hydrogen-bond acceptors (Lipinski definition) is 3. The molecule has 0 aliphatic heterocycles. The lowest BCUT2D eigenvalue weighted by Gasteiger charge is -2.39. The lowest BCUT2D eigenvalue weighted by atomic mass is 9.68. The van der Waals surface area contributed by atoms with Gasteiger partial charge in [0.1, 0.15) is 6.61 Å². The normalized spacial score (nSPS) is 25.1. The van der Waals surface area contributed by atoms with Crippen LogP contribution in [0.2, 0.25) is 0 Å². The maximum Gasteiger partial charge on any atom is 0.302 e. The molecule has 0 spiro atoms. The topological polar surface area (TPSA) is 46.5 Å². The summed E-state index contributed by atoms with van der Waals surface area (Å²) in [5.74, 6) is -0.245. The second-order valence-corrected chi connectivity index (χ2v) is 6.32. The average Bonchev–Trinajstić information content (AvgIpc) is 2.54. The highest BCUT2D eigenvalue weighted by Crippen LogP contribution is 2.42. The van der Waals surface area contributed by atoms with Gasteiger partial charge in [-0.3, -0.25) is 4.79 Å². The zero-order valence-electron chi connectivity index (χ0n) is 12.9. The van der Waals surface area contributed by atoms with E-state index in [1.165, 1.54) is 23.3 Å². The van der Waals surface area contributed by atoms with Gasteiger partial charge in [0.05, 0.1) is 6.10 Å². The summed E-state index contributed by atoms with van der Waals surface area (Å²) in [6.07, 6.45) is 2.96. The minimum atomic E-state index is -0.245. The van der Waals surface area contributed by atoms with Gasteiger partial charge in [-0.15, -0.1) is 0 Å². The SMILES string of the molecule is CC(=O)OC[C@]1(c2cccc3ccccc32)CC[C@H](O)CC1. The molecule has 1 aliphatic carbocycles. The molecule has 1 fully saturated rings. The summed E-state index contributed by atoms with van der Waals surface area (Å²) in [6.45, 7) is 1.84. The standard InChI is InChI=1S/C19H22O3/c1-14(20)22-13-19(11-9-16(21)10-12-19)18-8-4-6-15-5-2-3-7-17(15)18/h2-8,16,21H,9-13H2,1H3/t16-,19-. The molecule has 1 aliphatic rings. The van der Waals surface area contributed by atoms with E-state index in [4.69, 9.17) is 4.74 Å². The van der Waals surface area contributed by atoms with E-state index < -0.39 is 0 Å². The van der Waals surface area contributed by atoms with Gasteiger partial charge >= 0.3 is 5.97 Å². The molecule has 3 heteroatoms. The van der Waals surface area contributed by atoms with Gasteiger partial charge in [-0.25, -0.2) is 0 Å². The van der Waals surface area contributed by atoms with Gasteiger partial charge in [-0.05, 0) is 42.0 Å². The van der Waals surface area contributed by atoms with Crippen molar-refractivity contribution in [3.05, 3.63) is 48.0 Å². The van der Waals surface area contributed by atoms with Crippen LogP contribution in [0.15, 0.2) is 42.5 Å². The van der Waals surface area contributed by atoms with Gasteiger partial charge in [0.2, 0.25) is 0 Å². The Morgan fingerprint density at radius 2 is 1.86 bits per heavy atom. The van der Waals surface area contributed by atoms with Gasteiger partial charge in [0.25, 0.3) is 0 Å². The number of carbonyl (C=O) groups excluding carboxylic acids is 1. The summed E-state index contributed by atoms with van der Waals surface area (Å²) in [5.41, 5.74) is 1.05. The molecule has 116 valence electrons. The number of aliphatic hydroxyl groups excluding tert-OH is 1. The Morgan fingerprint density at radius 1 is 1.18 bits per heavy atom. The fourth-order valence-corrected chi connectivity index (χ4v) is 3.57. The van der Waals surface area contributed by atoms with Crippen LogP contribution in [0.5, 0.6) is 0 Å². The first-order valence-corrected chi connectivity index (χ1v) is 7.90. The predicted molar refractivity (Wildman–Crippen MR) is 86.7 cm³/mol. The van der Waals surface area contributed by atoms with E-state index >= 15 is 0 Å². The van der Waals surface area contributed by atoms with Crippen LogP contribution in [-0.4, -0.2) is 23.8 Å². The summed E-state index contributed by atoms with van der Waals surface area (Å²) >= 11 is 0. The van der Waals surface area contributed by atoms with Crippen LogP contribution >= 0.6 is 0 Å². The average molecular weight is 298 g/mol. The molecule has 0 saturated heterocycles. The van der Waals surface area contributed by atoms with E-state index in [1.807, 2.05) is 12.1 Å². The highest BCUT2D eigenvalue weighted by atomic mass is 16.5. The summed E-state index contributed by atoms with van der Waals surface area (Å²) in [7, 11) is 0. The summed E-state index contributed by atoms with van der Waals surface area (Å²) < 4.78 is 5.40. The Hall–Kier alpha value is -1.87. The van der Waals surface area contributed by atoms with E-state index in [9.17, 15) is 9.90 Å². The van der Waals surface area contributed by atoms with E-state index in [2.05, 4.69) is 30.3 Å². The lowest BCUT2D eigenvalue weighted by Crippen LogP contribution is -2.38. The lowest BCUT2D eigenvalue weighted by molar-refractivity contribution is -0.143. The van der Waals surface area contributed by atoms with Crippen LogP contribution in [0.3, 0.4) is 0 Å². The number of fused-ring (bicyclic) bond motifs is 1. The van der Waals surface area contributed by atoms with Gasteiger partial charge in [-0.1, -0.05) is 42.5 Å². The van der Waals surface area contributed by atoms with Crippen LogP contribution in [0.4, 0.5) is 0 Å². The summed E-state index contributed by atoms with van der Waals surface area (Å²) in [6, 6.07) is 14.6. The van der Waals surface area contributed by atoms with Crippen LogP contribution in [-0.2, 0) is 14.9 Å². The molecule has 2 aromatic rings. The fourth-order valence-electron chi connectivity index (χ4n) is 3.57. The molecule has 1 saturated carbocycles. The maximum atomic E-state index is 11.3. The van der Waals surface area contributed by atoms with Crippen molar-refractivity contribution in [2.45, 2.75) is 44.1 Å². The largest absolute Gasteiger partial charge is 0.465 e. The zero-order chi connectivity index (χ0) is 15.6. The minimum Gasteiger partial charge on any atom is -0.465 e. The molecule has 0 heterocycles. The van der Waals surface area contributed by atoms with Gasteiger partial charge in [-0.2, -0.15) is 0 Å². The van der Waals surface area contributed by atoms with E-state index in [-0.39, 0.29) is 17.5 Å². The Morgan fingerprint density at radius 3 is 2.59 bits per heavy atom. The number of hydrogen-bond donors (Lipinski definition) is 1. The van der Waals surface area contributed by atoms with Gasteiger partial charge in [0, 0.05) is 12.3 Å². The molecule has 0 aromatic heterocycles. The first kappa shape index (κ1) is 15.0. The summed E-state index contributed by atoms with van der Waals surface area (Å²) in [5, 5.41) is 12.3. The maximum absolute atomic E-state index is 11.3. The molecule has 0 radical (unpaired) electrons. The number of rotatable bonds is 3. The van der Waals surface area contributed by atoms with Crippen molar-refractivity contribution < 1.29 is 14.6 Å². The second-order valence-electron chi connectivity index (χ2n) is 6.32. The molecule has 0 bridgehead atoms. The monoisotopic (exact) mass is 298 g/mol. The minimum absolute atomic E-state index is 0.189. The number of carbonyl (C=O) groups is 1. The summed E-state index contributed by atoms with van der Waals surface area (Å²) in [4.78, 5) is 11.3. The Kier molecular flexibility index (Phi) is 4.16. The van der Waals surface area contributed by atoms with Crippen LogP contribution < -0.4 is 0 Å². The third kappa shape index (κ3) is 2.86. The van der Waals surface area contributed by atoms with Crippen molar-refractivity contribution in [1.29, 1.82) is 0 Å². The third-order valence-corrected chi connectivity index (χ3v) is 4.82. The fraction of sp³-hybridized carbons (Fsp3) is 0.421. The Bertz CT molecular complexity index is 664.